The Morgan fingerprint density at radius 2 is 2.14 bits per heavy atom. The quantitative estimate of drug-likeness (QED) is 0.381. The van der Waals surface area contributed by atoms with Crippen molar-refractivity contribution in [3.8, 4) is 0 Å². The zero-order valence-corrected chi connectivity index (χ0v) is 11.4. The van der Waals surface area contributed by atoms with E-state index in [0.29, 0.717) is 0 Å². The lowest BCUT2D eigenvalue weighted by molar-refractivity contribution is 0.778. The molecule has 14 heavy (non-hydrogen) atoms. The maximum absolute atomic E-state index is 5.69. The number of nitrogens with two attached hydrogens (primary N) is 1. The van der Waals surface area contributed by atoms with Crippen LogP contribution in [0.1, 0.15) is 26.2 Å². The third kappa shape index (κ3) is 4.09. The molecule has 0 radical (unpaired) electrons. The van der Waals surface area contributed by atoms with Crippen LogP contribution in [0.3, 0.4) is 0 Å². The van der Waals surface area contributed by atoms with Crippen molar-refractivity contribution in [3.05, 3.63) is 21.8 Å². The van der Waals surface area contributed by atoms with E-state index in [4.69, 9.17) is 5.73 Å². The lowest BCUT2D eigenvalue weighted by Crippen LogP contribution is -1.88. The molecule has 0 saturated heterocycles. The summed E-state index contributed by atoms with van der Waals surface area (Å²) < 4.78 is 1.27. The van der Waals surface area contributed by atoms with Crippen LogP contribution >= 0.6 is 34.4 Å². The van der Waals surface area contributed by atoms with Gasteiger partial charge in [-0.25, -0.2) is 0 Å². The predicted octanol–water partition coefficient (Wildman–Crippen LogP) is 4.16. The zero-order chi connectivity index (χ0) is 10.4. The second kappa shape index (κ2) is 6.56. The first kappa shape index (κ1) is 12.2. The Labute approximate surface area is 104 Å². The van der Waals surface area contributed by atoms with Crippen LogP contribution in [0.2, 0.25) is 0 Å². The molecule has 0 spiro atoms. The Bertz CT molecular complexity index is 289. The van der Waals surface area contributed by atoms with E-state index in [2.05, 4.69) is 35.6 Å². The number of rotatable bonds is 5. The summed E-state index contributed by atoms with van der Waals surface area (Å²) in [6, 6.07) is 6.13. The van der Waals surface area contributed by atoms with Crippen molar-refractivity contribution >= 4 is 40.0 Å². The minimum atomic E-state index is 0.854. The average molecular weight is 321 g/mol. The summed E-state index contributed by atoms with van der Waals surface area (Å²) in [7, 11) is 0. The molecule has 0 aliphatic carbocycles. The van der Waals surface area contributed by atoms with E-state index < -0.39 is 0 Å². The van der Waals surface area contributed by atoms with Gasteiger partial charge in [-0.15, -0.1) is 11.8 Å². The van der Waals surface area contributed by atoms with Crippen molar-refractivity contribution in [2.45, 2.75) is 31.1 Å². The van der Waals surface area contributed by atoms with Gasteiger partial charge >= 0.3 is 0 Å². The molecule has 0 aliphatic heterocycles. The minimum absolute atomic E-state index is 0.854. The Balaban J connectivity index is 2.42. The molecule has 0 unspecified atom stereocenters. The number of hydrogen-bond acceptors (Lipinski definition) is 2. The highest BCUT2D eigenvalue weighted by Gasteiger charge is 2.00. The normalized spacial score (nSPS) is 10.4. The Kier molecular flexibility index (Phi) is 5.70. The zero-order valence-electron chi connectivity index (χ0n) is 8.42. The molecule has 0 atom stereocenters. The molecule has 0 fully saturated rings. The Morgan fingerprint density at radius 1 is 1.36 bits per heavy atom. The van der Waals surface area contributed by atoms with E-state index in [1.165, 1.54) is 33.5 Å². The first-order valence-electron chi connectivity index (χ1n) is 4.92. The van der Waals surface area contributed by atoms with Gasteiger partial charge in [-0.2, -0.15) is 0 Å². The molecule has 1 rings (SSSR count). The number of nitrogen functional groups attached to an aromatic ring is 1. The summed E-state index contributed by atoms with van der Waals surface area (Å²) in [5.41, 5.74) is 6.54. The lowest BCUT2D eigenvalue weighted by Gasteiger charge is -2.04. The van der Waals surface area contributed by atoms with Crippen LogP contribution in [0.15, 0.2) is 23.1 Å². The summed E-state index contributed by atoms with van der Waals surface area (Å²) >= 11 is 4.28. The molecular weight excluding hydrogens is 305 g/mol. The second-order valence-electron chi connectivity index (χ2n) is 3.25. The third-order valence-corrected chi connectivity index (χ3v) is 4.38. The monoisotopic (exact) mass is 321 g/mol. The number of anilines is 1. The van der Waals surface area contributed by atoms with Gasteiger partial charge in [0.25, 0.3) is 0 Å². The van der Waals surface area contributed by atoms with Gasteiger partial charge in [0.15, 0.2) is 0 Å². The molecule has 0 aromatic heterocycles. The van der Waals surface area contributed by atoms with Gasteiger partial charge in [0.1, 0.15) is 0 Å². The van der Waals surface area contributed by atoms with Gasteiger partial charge in [0.05, 0.1) is 0 Å². The Morgan fingerprint density at radius 3 is 2.79 bits per heavy atom. The van der Waals surface area contributed by atoms with Crippen LogP contribution in [0.4, 0.5) is 5.69 Å². The molecule has 78 valence electrons. The molecule has 0 bridgehead atoms. The molecule has 1 nitrogen and oxygen atoms in total. The highest BCUT2D eigenvalue weighted by molar-refractivity contribution is 14.1. The van der Waals surface area contributed by atoms with Crippen molar-refractivity contribution < 1.29 is 0 Å². The largest absolute Gasteiger partial charge is 0.399 e. The van der Waals surface area contributed by atoms with Crippen LogP contribution in [0.25, 0.3) is 0 Å². The van der Waals surface area contributed by atoms with Crippen LogP contribution in [0.5, 0.6) is 0 Å². The maximum Gasteiger partial charge on any atom is 0.0325 e. The highest BCUT2D eigenvalue weighted by atomic mass is 127. The van der Waals surface area contributed by atoms with Crippen molar-refractivity contribution in [1.29, 1.82) is 0 Å². The van der Waals surface area contributed by atoms with Gasteiger partial charge in [-0.05, 0) is 53.0 Å². The molecule has 0 amide bonds. The first-order chi connectivity index (χ1) is 6.74. The fourth-order valence-corrected chi connectivity index (χ4v) is 3.10. The number of halogens is 1. The van der Waals surface area contributed by atoms with Crippen molar-refractivity contribution in [2.24, 2.45) is 0 Å². The molecular formula is C11H16INS. The first-order valence-corrected chi connectivity index (χ1v) is 6.98. The summed E-state index contributed by atoms with van der Waals surface area (Å²) in [6.45, 7) is 2.23. The van der Waals surface area contributed by atoms with Gasteiger partial charge in [-0.1, -0.05) is 19.8 Å². The lowest BCUT2D eigenvalue weighted by atomic mass is 10.3. The number of unbranched alkanes of at least 4 members (excludes halogenated alkanes) is 2. The van der Waals surface area contributed by atoms with E-state index in [9.17, 15) is 0 Å². The second-order valence-corrected chi connectivity index (χ2v) is 5.54. The molecule has 3 heteroatoms. The van der Waals surface area contributed by atoms with Crippen molar-refractivity contribution in [3.63, 3.8) is 0 Å². The summed E-state index contributed by atoms with van der Waals surface area (Å²) in [5.74, 6) is 1.22. The van der Waals surface area contributed by atoms with Gasteiger partial charge in [0.2, 0.25) is 0 Å². The van der Waals surface area contributed by atoms with E-state index in [1.807, 2.05) is 23.9 Å². The SMILES string of the molecule is CCCCCSc1ccc(N)cc1I. The molecule has 2 N–H and O–H groups in total. The van der Waals surface area contributed by atoms with Gasteiger partial charge in [0, 0.05) is 14.2 Å². The van der Waals surface area contributed by atoms with E-state index in [-0.39, 0.29) is 0 Å². The third-order valence-electron chi connectivity index (χ3n) is 1.96. The fraction of sp³-hybridized carbons (Fsp3) is 0.455. The summed E-state index contributed by atoms with van der Waals surface area (Å²) in [5, 5.41) is 0. The summed E-state index contributed by atoms with van der Waals surface area (Å²) in [6.07, 6.45) is 3.93. The molecule has 1 aromatic carbocycles. The number of hydrogen-bond donors (Lipinski definition) is 1. The molecule has 0 saturated carbocycles. The molecule has 1 aromatic rings. The van der Waals surface area contributed by atoms with Crippen LogP contribution in [-0.4, -0.2) is 5.75 Å². The standard InChI is InChI=1S/C11H16INS/c1-2-3-4-7-14-11-6-5-9(13)8-10(11)12/h5-6,8H,2-4,7,13H2,1H3. The van der Waals surface area contributed by atoms with Gasteiger partial charge < -0.3 is 5.73 Å². The van der Waals surface area contributed by atoms with Crippen LogP contribution < -0.4 is 5.73 Å². The van der Waals surface area contributed by atoms with Crippen LogP contribution in [-0.2, 0) is 0 Å². The van der Waals surface area contributed by atoms with E-state index >= 15 is 0 Å². The smallest absolute Gasteiger partial charge is 0.0325 e. The molecule has 0 heterocycles. The van der Waals surface area contributed by atoms with Crippen molar-refractivity contribution in [2.75, 3.05) is 11.5 Å². The fourth-order valence-electron chi connectivity index (χ4n) is 1.17. The molecule has 0 aliphatic rings. The average Bonchev–Trinajstić information content (AvgIpc) is 2.15. The number of thioether (sulfide) groups is 1. The van der Waals surface area contributed by atoms with Crippen LogP contribution in [0, 0.1) is 3.57 Å². The Hall–Kier alpha value is 0.100. The van der Waals surface area contributed by atoms with E-state index in [1.54, 1.807) is 0 Å². The minimum Gasteiger partial charge on any atom is -0.399 e. The van der Waals surface area contributed by atoms with Gasteiger partial charge in [-0.3, -0.25) is 0 Å². The maximum atomic E-state index is 5.69. The van der Waals surface area contributed by atoms with Crippen molar-refractivity contribution in [1.82, 2.24) is 0 Å². The number of benzene rings is 1. The summed E-state index contributed by atoms with van der Waals surface area (Å²) in [4.78, 5) is 1.36. The highest BCUT2D eigenvalue weighted by Crippen LogP contribution is 2.26. The van der Waals surface area contributed by atoms with E-state index in [0.717, 1.165) is 5.69 Å². The topological polar surface area (TPSA) is 26.0 Å². The predicted molar refractivity (Wildman–Crippen MR) is 73.8 cm³/mol.